The van der Waals surface area contributed by atoms with Crippen LogP contribution in [0.1, 0.15) is 16.3 Å². The lowest BCUT2D eigenvalue weighted by Crippen LogP contribution is -1.97. The minimum atomic E-state index is -0.557. The number of nitriles is 1. The van der Waals surface area contributed by atoms with E-state index in [9.17, 15) is 4.79 Å². The van der Waals surface area contributed by atoms with Gasteiger partial charge in [0.05, 0.1) is 7.11 Å². The van der Waals surface area contributed by atoms with Gasteiger partial charge in [-0.3, -0.25) is 0 Å². The molecule has 0 saturated carbocycles. The van der Waals surface area contributed by atoms with E-state index < -0.39 is 5.97 Å². The molecule has 0 amide bonds. The first-order chi connectivity index (χ1) is 7.74. The summed E-state index contributed by atoms with van der Waals surface area (Å²) in [4.78, 5) is 11.1. The second kappa shape index (κ2) is 3.95. The Kier molecular flexibility index (Phi) is 2.48. The van der Waals surface area contributed by atoms with Crippen molar-refractivity contribution in [3.8, 4) is 17.6 Å². The molecule has 80 valence electrons. The van der Waals surface area contributed by atoms with Crippen LogP contribution in [0.2, 0.25) is 0 Å². The molecule has 0 spiro atoms. The third-order valence-electron chi connectivity index (χ3n) is 1.95. The van der Waals surface area contributed by atoms with Crippen LogP contribution in [-0.2, 0) is 4.74 Å². The van der Waals surface area contributed by atoms with Gasteiger partial charge >= 0.3 is 5.97 Å². The predicted octanol–water partition coefficient (Wildman–Crippen LogP) is 2.20. The third-order valence-corrected chi connectivity index (χ3v) is 1.95. The summed E-state index contributed by atoms with van der Waals surface area (Å²) in [7, 11) is 1.27. The molecule has 5 heteroatoms. The molecule has 2 rings (SSSR count). The van der Waals surface area contributed by atoms with Gasteiger partial charge in [-0.15, -0.1) is 0 Å². The number of hydrogen-bond donors (Lipinski definition) is 0. The number of hydrogen-bond acceptors (Lipinski definition) is 5. The second-order valence-corrected chi connectivity index (χ2v) is 2.93. The zero-order chi connectivity index (χ0) is 11.5. The zero-order valence-corrected chi connectivity index (χ0v) is 8.39. The number of ether oxygens (including phenoxy) is 1. The van der Waals surface area contributed by atoms with E-state index in [0.29, 0.717) is 11.5 Å². The van der Waals surface area contributed by atoms with Crippen LogP contribution in [-0.4, -0.2) is 13.1 Å². The van der Waals surface area contributed by atoms with Crippen LogP contribution in [0.3, 0.4) is 0 Å². The summed E-state index contributed by atoms with van der Waals surface area (Å²) in [6.07, 6.45) is 0. The molecular formula is C11H7NO4. The molecule has 2 heterocycles. The lowest BCUT2D eigenvalue weighted by molar-refractivity contribution is 0.0566. The van der Waals surface area contributed by atoms with Gasteiger partial charge in [-0.1, -0.05) is 0 Å². The molecule has 0 aromatic carbocycles. The highest BCUT2D eigenvalue weighted by Crippen LogP contribution is 2.24. The molecule has 5 nitrogen and oxygen atoms in total. The van der Waals surface area contributed by atoms with Gasteiger partial charge in [0.15, 0.2) is 11.5 Å². The highest BCUT2D eigenvalue weighted by molar-refractivity contribution is 5.86. The molecule has 0 atom stereocenters. The summed E-state index contributed by atoms with van der Waals surface area (Å²) in [5.74, 6) is 0.491. The molecule has 0 unspecified atom stereocenters. The average Bonchev–Trinajstić information content (AvgIpc) is 2.95. The van der Waals surface area contributed by atoms with Crippen LogP contribution in [0.5, 0.6) is 0 Å². The number of rotatable bonds is 2. The number of carbonyl (C=O) groups excluding carboxylic acids is 1. The highest BCUT2D eigenvalue weighted by atomic mass is 16.5. The molecule has 0 aliphatic heterocycles. The van der Waals surface area contributed by atoms with E-state index >= 15 is 0 Å². The predicted molar refractivity (Wildman–Crippen MR) is 52.5 cm³/mol. The monoisotopic (exact) mass is 217 g/mol. The van der Waals surface area contributed by atoms with E-state index in [0.717, 1.165) is 0 Å². The van der Waals surface area contributed by atoms with Gasteiger partial charge in [0.25, 0.3) is 0 Å². The first-order valence-corrected chi connectivity index (χ1v) is 4.43. The maximum atomic E-state index is 11.1. The van der Waals surface area contributed by atoms with Crippen LogP contribution in [0.25, 0.3) is 11.5 Å². The van der Waals surface area contributed by atoms with Crippen molar-refractivity contribution >= 4 is 5.97 Å². The normalized spacial score (nSPS) is 9.75. The Labute approximate surface area is 90.8 Å². The molecule has 0 fully saturated rings. The molecule has 0 radical (unpaired) electrons. The number of carbonyl (C=O) groups is 1. The lowest BCUT2D eigenvalue weighted by atomic mass is 10.3. The summed E-state index contributed by atoms with van der Waals surface area (Å²) < 4.78 is 14.8. The first kappa shape index (κ1) is 10.1. The summed E-state index contributed by atoms with van der Waals surface area (Å²) >= 11 is 0. The summed E-state index contributed by atoms with van der Waals surface area (Å²) in [6.45, 7) is 0. The highest BCUT2D eigenvalue weighted by Gasteiger charge is 2.14. The Morgan fingerprint density at radius 1 is 1.25 bits per heavy atom. The topological polar surface area (TPSA) is 76.4 Å². The Hall–Kier alpha value is -2.48. The van der Waals surface area contributed by atoms with Gasteiger partial charge in [0, 0.05) is 0 Å². The smallest absolute Gasteiger partial charge is 0.373 e. The maximum absolute atomic E-state index is 11.1. The molecule has 2 aromatic heterocycles. The zero-order valence-electron chi connectivity index (χ0n) is 8.39. The molecule has 0 bridgehead atoms. The van der Waals surface area contributed by atoms with Gasteiger partial charge in [-0.2, -0.15) is 5.26 Å². The van der Waals surface area contributed by atoms with E-state index in [-0.39, 0.29) is 11.5 Å². The van der Waals surface area contributed by atoms with Crippen molar-refractivity contribution < 1.29 is 18.4 Å². The summed E-state index contributed by atoms with van der Waals surface area (Å²) in [5, 5.41) is 8.58. The molecular weight excluding hydrogens is 210 g/mol. The number of esters is 1. The van der Waals surface area contributed by atoms with Gasteiger partial charge in [0.1, 0.15) is 6.07 Å². The van der Waals surface area contributed by atoms with Crippen LogP contribution < -0.4 is 0 Å². The van der Waals surface area contributed by atoms with E-state index in [1.54, 1.807) is 12.1 Å². The van der Waals surface area contributed by atoms with Crippen molar-refractivity contribution in [2.24, 2.45) is 0 Å². The molecule has 2 aromatic rings. The SMILES string of the molecule is COC(=O)c1ccc(-c2ccc(C#N)o2)o1. The van der Waals surface area contributed by atoms with E-state index in [1.165, 1.54) is 19.2 Å². The fourth-order valence-electron chi connectivity index (χ4n) is 1.21. The van der Waals surface area contributed by atoms with Crippen molar-refractivity contribution in [1.82, 2.24) is 0 Å². The quantitative estimate of drug-likeness (QED) is 0.720. The van der Waals surface area contributed by atoms with E-state index in [4.69, 9.17) is 14.1 Å². The van der Waals surface area contributed by atoms with Crippen molar-refractivity contribution in [1.29, 1.82) is 5.26 Å². The molecule has 0 N–H and O–H groups in total. The molecule has 16 heavy (non-hydrogen) atoms. The Balaban J connectivity index is 2.32. The van der Waals surface area contributed by atoms with E-state index in [2.05, 4.69) is 4.74 Å². The Bertz CT molecular complexity index is 559. The van der Waals surface area contributed by atoms with Crippen molar-refractivity contribution in [2.75, 3.05) is 7.11 Å². The molecule has 0 saturated heterocycles. The van der Waals surface area contributed by atoms with Crippen molar-refractivity contribution in [3.63, 3.8) is 0 Å². The number of methoxy groups -OCH3 is 1. The minimum Gasteiger partial charge on any atom is -0.463 e. The number of furan rings is 2. The van der Waals surface area contributed by atoms with E-state index in [1.807, 2.05) is 6.07 Å². The second-order valence-electron chi connectivity index (χ2n) is 2.93. The summed E-state index contributed by atoms with van der Waals surface area (Å²) in [6, 6.07) is 8.03. The minimum absolute atomic E-state index is 0.0902. The van der Waals surface area contributed by atoms with Crippen LogP contribution in [0, 0.1) is 11.3 Å². The van der Waals surface area contributed by atoms with Crippen LogP contribution in [0.15, 0.2) is 33.1 Å². The maximum Gasteiger partial charge on any atom is 0.373 e. The van der Waals surface area contributed by atoms with Gasteiger partial charge < -0.3 is 13.6 Å². The lowest BCUT2D eigenvalue weighted by Gasteiger charge is -1.92. The average molecular weight is 217 g/mol. The van der Waals surface area contributed by atoms with Gasteiger partial charge in [-0.25, -0.2) is 4.79 Å². The van der Waals surface area contributed by atoms with Crippen molar-refractivity contribution in [2.45, 2.75) is 0 Å². The van der Waals surface area contributed by atoms with Gasteiger partial charge in [-0.05, 0) is 24.3 Å². The van der Waals surface area contributed by atoms with Crippen LogP contribution >= 0.6 is 0 Å². The summed E-state index contributed by atoms with van der Waals surface area (Å²) in [5.41, 5.74) is 0. The third kappa shape index (κ3) is 1.68. The molecule has 0 aliphatic rings. The largest absolute Gasteiger partial charge is 0.463 e. The van der Waals surface area contributed by atoms with Crippen LogP contribution in [0.4, 0.5) is 0 Å². The Morgan fingerprint density at radius 3 is 2.56 bits per heavy atom. The fourth-order valence-corrected chi connectivity index (χ4v) is 1.21. The fraction of sp³-hybridized carbons (Fsp3) is 0.0909. The standard InChI is InChI=1S/C11H7NO4/c1-14-11(13)10-5-4-9(16-10)8-3-2-7(6-12)15-8/h2-5H,1H3. The van der Waals surface area contributed by atoms with Crippen molar-refractivity contribution in [3.05, 3.63) is 35.8 Å². The molecule has 0 aliphatic carbocycles. The van der Waals surface area contributed by atoms with Gasteiger partial charge in [0.2, 0.25) is 11.5 Å². The Morgan fingerprint density at radius 2 is 1.94 bits per heavy atom. The number of nitrogens with zero attached hydrogens (tertiary/aromatic N) is 1. The first-order valence-electron chi connectivity index (χ1n) is 4.43.